The maximum atomic E-state index is 3.83. The van der Waals surface area contributed by atoms with Gasteiger partial charge in [-0.25, -0.2) is 0 Å². The van der Waals surface area contributed by atoms with Gasteiger partial charge in [-0.15, -0.1) is 0 Å². The largest absolute Gasteiger partial charge is 0.339 e. The number of halogens is 1. The quantitative estimate of drug-likeness (QED) is 0.369. The topological polar surface area (TPSA) is 36.1 Å². The molecule has 0 radical (unpaired) electrons. The van der Waals surface area contributed by atoms with E-state index in [0.29, 0.717) is 0 Å². The second-order valence-electron chi connectivity index (χ2n) is 4.23. The van der Waals surface area contributed by atoms with Gasteiger partial charge < -0.3 is 13.9 Å². The molecule has 2 atom stereocenters. The summed E-state index contributed by atoms with van der Waals surface area (Å²) in [7, 11) is -3.32. The van der Waals surface area contributed by atoms with Crippen LogP contribution in [0.5, 0.6) is 0 Å². The summed E-state index contributed by atoms with van der Waals surface area (Å²) in [5.41, 5.74) is 0. The fourth-order valence-corrected chi connectivity index (χ4v) is 22.6. The molecule has 0 saturated carbocycles. The molecule has 0 bridgehead atoms. The highest BCUT2D eigenvalue weighted by atomic mass is 127. The molecular formula is C5H18IN3Si3. The zero-order valence-corrected chi connectivity index (χ0v) is 13.5. The van der Waals surface area contributed by atoms with Crippen LogP contribution >= 0.6 is 22.6 Å². The summed E-state index contributed by atoms with van der Waals surface area (Å²) in [6.45, 7) is 9.50. The van der Waals surface area contributed by atoms with Gasteiger partial charge >= 0.3 is 0 Å². The van der Waals surface area contributed by atoms with Crippen molar-refractivity contribution < 1.29 is 0 Å². The van der Waals surface area contributed by atoms with E-state index < -0.39 is 25.9 Å². The first-order valence-corrected chi connectivity index (χ1v) is 13.8. The molecule has 1 saturated heterocycles. The molecule has 0 spiro atoms. The van der Waals surface area contributed by atoms with Gasteiger partial charge in [0.25, 0.3) is 0 Å². The first-order chi connectivity index (χ1) is 5.37. The van der Waals surface area contributed by atoms with Crippen LogP contribution in [0.1, 0.15) is 0 Å². The van der Waals surface area contributed by atoms with Gasteiger partial charge in [0, 0.05) is 4.05 Å². The van der Waals surface area contributed by atoms with Crippen molar-refractivity contribution in [2.45, 2.75) is 26.2 Å². The Morgan fingerprint density at radius 1 is 1.25 bits per heavy atom. The Morgan fingerprint density at radius 2 is 1.83 bits per heavy atom. The van der Waals surface area contributed by atoms with Crippen molar-refractivity contribution in [1.82, 2.24) is 13.9 Å². The molecular weight excluding hydrogens is 313 g/mol. The Labute approximate surface area is 92.3 Å². The van der Waals surface area contributed by atoms with Crippen LogP contribution < -0.4 is 13.9 Å². The second-order valence-corrected chi connectivity index (χ2v) is 17.4. The predicted octanol–water partition coefficient (Wildman–Crippen LogP) is 0.367. The maximum Gasteiger partial charge on any atom is 0.196 e. The van der Waals surface area contributed by atoms with Gasteiger partial charge in [-0.05, 0) is 26.2 Å². The number of rotatable bonds is 1. The Kier molecular flexibility index (Phi) is 3.58. The fraction of sp³-hybridized carbons (Fsp3) is 1.00. The standard InChI is InChI=1S/C5H18IN3Si3/c1-10-7-11(2,3)9-12(4,5-6)8-10/h7-10H,5H2,1-4H3. The first-order valence-electron chi connectivity index (χ1n) is 4.28. The Balaban J connectivity index is 2.70. The number of alkyl halides is 1. The third-order valence-corrected chi connectivity index (χ3v) is 20.7. The zero-order chi connectivity index (χ0) is 9.41. The minimum Gasteiger partial charge on any atom is -0.339 e. The summed E-state index contributed by atoms with van der Waals surface area (Å²) in [4.78, 5) is 0. The lowest BCUT2D eigenvalue weighted by Gasteiger charge is -2.45. The highest BCUT2D eigenvalue weighted by Crippen LogP contribution is 2.08. The molecule has 3 N–H and O–H groups in total. The van der Waals surface area contributed by atoms with E-state index in [4.69, 9.17) is 0 Å². The lowest BCUT2D eigenvalue weighted by molar-refractivity contribution is 1.07. The van der Waals surface area contributed by atoms with Gasteiger partial charge in [-0.3, -0.25) is 0 Å². The molecule has 2 unspecified atom stereocenters. The average Bonchev–Trinajstić information content (AvgIpc) is 1.82. The minimum absolute atomic E-state index is 0.806. The van der Waals surface area contributed by atoms with Crippen LogP contribution in [0.4, 0.5) is 0 Å². The van der Waals surface area contributed by atoms with Crippen molar-refractivity contribution in [3.05, 3.63) is 0 Å². The normalized spacial score (nSPS) is 41.2. The summed E-state index contributed by atoms with van der Waals surface area (Å²) in [5.74, 6) is 0. The van der Waals surface area contributed by atoms with Crippen molar-refractivity contribution in [1.29, 1.82) is 0 Å². The first kappa shape index (κ1) is 11.3. The van der Waals surface area contributed by atoms with Crippen molar-refractivity contribution in [2.24, 2.45) is 0 Å². The highest BCUT2D eigenvalue weighted by Gasteiger charge is 2.41. The van der Waals surface area contributed by atoms with Crippen molar-refractivity contribution >= 4 is 48.5 Å². The smallest absolute Gasteiger partial charge is 0.196 e. The van der Waals surface area contributed by atoms with Gasteiger partial charge in [0.2, 0.25) is 0 Å². The van der Waals surface area contributed by atoms with Gasteiger partial charge in [-0.1, -0.05) is 22.6 Å². The van der Waals surface area contributed by atoms with Crippen LogP contribution in [0.3, 0.4) is 0 Å². The summed E-state index contributed by atoms with van der Waals surface area (Å²) < 4.78 is 12.6. The molecule has 0 aromatic heterocycles. The third kappa shape index (κ3) is 2.89. The van der Waals surface area contributed by atoms with E-state index in [-0.39, 0.29) is 0 Å². The van der Waals surface area contributed by atoms with E-state index in [9.17, 15) is 0 Å². The molecule has 3 nitrogen and oxygen atoms in total. The summed E-state index contributed by atoms with van der Waals surface area (Å²) in [6, 6.07) is 0. The van der Waals surface area contributed by atoms with E-state index in [1.807, 2.05) is 0 Å². The predicted molar refractivity (Wildman–Crippen MR) is 70.4 cm³/mol. The van der Waals surface area contributed by atoms with E-state index in [1.54, 1.807) is 0 Å². The van der Waals surface area contributed by atoms with E-state index >= 15 is 0 Å². The summed E-state index contributed by atoms with van der Waals surface area (Å²) >= 11 is 2.50. The summed E-state index contributed by atoms with van der Waals surface area (Å²) in [5, 5.41) is 0. The minimum atomic E-state index is -1.26. The van der Waals surface area contributed by atoms with Crippen LogP contribution in [0.25, 0.3) is 0 Å². The van der Waals surface area contributed by atoms with Gasteiger partial charge in [0.15, 0.2) is 25.9 Å². The second kappa shape index (κ2) is 3.79. The Morgan fingerprint density at radius 3 is 2.25 bits per heavy atom. The molecule has 1 aliphatic heterocycles. The molecule has 1 heterocycles. The van der Waals surface area contributed by atoms with Crippen LogP contribution in [0, 0.1) is 0 Å². The average molecular weight is 331 g/mol. The Bertz CT molecular complexity index is 179. The van der Waals surface area contributed by atoms with Crippen molar-refractivity contribution in [2.75, 3.05) is 4.05 Å². The Hall–Kier alpha value is 1.26. The molecule has 0 aromatic rings. The molecule has 12 heavy (non-hydrogen) atoms. The van der Waals surface area contributed by atoms with Gasteiger partial charge in [0.05, 0.1) is 0 Å². The number of hydrogen-bond acceptors (Lipinski definition) is 3. The molecule has 0 aliphatic carbocycles. The lowest BCUT2D eigenvalue weighted by atomic mass is 11.9. The third-order valence-electron chi connectivity index (χ3n) is 1.97. The molecule has 0 amide bonds. The summed E-state index contributed by atoms with van der Waals surface area (Å²) in [6.07, 6.45) is 0. The van der Waals surface area contributed by atoms with Gasteiger partial charge in [0.1, 0.15) is 0 Å². The molecule has 1 fully saturated rings. The van der Waals surface area contributed by atoms with Crippen molar-refractivity contribution in [3.8, 4) is 0 Å². The van der Waals surface area contributed by atoms with E-state index in [1.165, 1.54) is 4.05 Å². The monoisotopic (exact) mass is 331 g/mol. The molecule has 1 rings (SSSR count). The maximum absolute atomic E-state index is 3.83. The fourth-order valence-electron chi connectivity index (χ4n) is 1.89. The SMILES string of the molecule is C[SiH]1N[Si](C)(C)N[Si](C)(CI)N1. The van der Waals surface area contributed by atoms with Crippen LogP contribution in [-0.4, -0.2) is 30.0 Å². The van der Waals surface area contributed by atoms with Crippen LogP contribution in [-0.2, 0) is 0 Å². The van der Waals surface area contributed by atoms with E-state index in [2.05, 4.69) is 62.7 Å². The highest BCUT2D eigenvalue weighted by molar-refractivity contribution is 14.1. The number of nitrogens with one attached hydrogen (secondary N) is 3. The lowest BCUT2D eigenvalue weighted by Crippen LogP contribution is -2.85. The zero-order valence-electron chi connectivity index (χ0n) is 8.16. The number of hydrogen-bond donors (Lipinski definition) is 3. The molecule has 72 valence electrons. The van der Waals surface area contributed by atoms with Crippen LogP contribution in [0.2, 0.25) is 26.2 Å². The van der Waals surface area contributed by atoms with E-state index in [0.717, 1.165) is 0 Å². The van der Waals surface area contributed by atoms with Crippen LogP contribution in [0.15, 0.2) is 0 Å². The molecule has 0 aromatic carbocycles. The van der Waals surface area contributed by atoms with Crippen molar-refractivity contribution in [3.63, 3.8) is 0 Å². The molecule has 1 aliphatic rings. The molecule has 7 heteroatoms. The van der Waals surface area contributed by atoms with Gasteiger partial charge in [-0.2, -0.15) is 0 Å².